The van der Waals surface area contributed by atoms with E-state index in [0.29, 0.717) is 5.56 Å². The van der Waals surface area contributed by atoms with Crippen LogP contribution in [-0.4, -0.2) is 356 Å². The third kappa shape index (κ3) is 14.1. The molecule has 0 radical (unpaired) electrons. The number of hydrogen-bond donors (Lipinski definition) is 20. The summed E-state index contributed by atoms with van der Waals surface area (Å²) in [5.74, 6) is -0.879. The lowest BCUT2D eigenvalue weighted by Crippen LogP contribution is -2.69. The van der Waals surface area contributed by atoms with E-state index < -0.39 is 235 Å². The normalized spacial score (nSPS) is 43.3. The highest BCUT2D eigenvalue weighted by Gasteiger charge is 2.59. The van der Waals surface area contributed by atoms with E-state index in [0.717, 1.165) is 0 Å². The number of methoxy groups -OCH3 is 1. The maximum atomic E-state index is 13.9. The van der Waals surface area contributed by atoms with E-state index in [9.17, 15) is 96.4 Å². The van der Waals surface area contributed by atoms with Gasteiger partial charge in [-0.2, -0.15) is 9.97 Å². The van der Waals surface area contributed by atoms with Gasteiger partial charge in [-0.05, 0) is 17.7 Å². The van der Waals surface area contributed by atoms with Crippen molar-refractivity contribution in [3.8, 4) is 6.01 Å². The number of carbonyl (C=O) groups excluding carboxylic acids is 1. The van der Waals surface area contributed by atoms with Crippen LogP contribution in [0.4, 0.5) is 5.82 Å². The summed E-state index contributed by atoms with van der Waals surface area (Å²) >= 11 is 0. The van der Waals surface area contributed by atoms with Gasteiger partial charge in [-0.15, -0.1) is 0 Å². The second-order valence-corrected chi connectivity index (χ2v) is 22.5. The summed E-state index contributed by atoms with van der Waals surface area (Å²) < 4.78 is 81.6. The molecular formula is C52H76N6O33. The molecule has 21 N–H and O–H groups in total. The van der Waals surface area contributed by atoms with Crippen LogP contribution in [0.1, 0.15) is 15.9 Å². The van der Waals surface area contributed by atoms with Crippen LogP contribution in [0.15, 0.2) is 29.1 Å². The van der Waals surface area contributed by atoms with Crippen molar-refractivity contribution < 1.29 is 158 Å². The van der Waals surface area contributed by atoms with Gasteiger partial charge in [-0.3, -0.25) is 9.36 Å². The first-order valence-electron chi connectivity index (χ1n) is 28.9. The number of aliphatic hydroxyl groups excluding tert-OH is 17. The molecule has 1 aromatic carbocycles. The molecule has 0 unspecified atom stereocenters. The number of aliphatic hydroxyl groups is 17. The van der Waals surface area contributed by atoms with Crippen molar-refractivity contribution in [1.29, 1.82) is 0 Å². The lowest BCUT2D eigenvalue weighted by molar-refractivity contribution is -0.403. The fourth-order valence-electron chi connectivity index (χ4n) is 11.6. The second kappa shape index (κ2) is 29.6. The molecule has 39 heteroatoms. The minimum absolute atomic E-state index is 0.000302. The number of imidazole rings is 1. The Balaban J connectivity index is 0.922. The van der Waals surface area contributed by atoms with Crippen LogP contribution in [0.3, 0.4) is 0 Å². The van der Waals surface area contributed by atoms with Gasteiger partial charge in [0.1, 0.15) is 159 Å². The number of nitrogens with two attached hydrogens (primary N) is 1. The number of anilines is 1. The Morgan fingerprint density at radius 1 is 0.495 bits per heavy atom. The molecule has 0 saturated carbocycles. The fraction of sp³-hybridized carbons (Fsp3) is 0.769. The van der Waals surface area contributed by atoms with Crippen LogP contribution in [-0.2, 0) is 68.1 Å². The minimum atomic E-state index is -2.26. The van der Waals surface area contributed by atoms with Crippen LogP contribution in [0.25, 0.3) is 11.2 Å². The number of fused-ring (bicyclic) bond motifs is 1. The number of rotatable bonds is 14. The highest BCUT2D eigenvalue weighted by molar-refractivity contribution is 5.94. The molecule has 30 atom stereocenters. The Labute approximate surface area is 512 Å². The standard InChI is InChI=1S/C52H76N6O33/c1-78-6-7-79-51-56-42(53)23-43(57-51)58(52(77)55-23)9-15-2-4-16(5-3-15)44(76)54-8-17-36-24(64)30(70)45(80-17)87-37-18(10-59)82-47(32(72)26(37)66)89-39-20(12-61)84-49(34(74)28(39)68)91-41-22(14-63)85-50(35(75)29(41)69)90-40-21(13-62)83-48(33(73)27(40)67)88-38-19(11-60)81-46(86-36)31(71)25(38)65/h2-5,17-22,24-41,45-50,59-75H,6-14H2,1H3,(H,54,76)(H,55,77)(H2,53,56,57)/t17-,18-,19-,20-,21-,22-,24-,25-,26-,27-,28-,29-,30-,31-,32-,33-,34-,35-,36-,37-,38-,39-,40-,41-,45-,46-,47-,48-,49-,50-/m1/s1. The summed E-state index contributed by atoms with van der Waals surface area (Å²) in [5, 5.41) is 193. The molecule has 3 aromatic rings. The molecule has 12 bridgehead atoms. The first kappa shape index (κ1) is 69.3. The van der Waals surface area contributed by atoms with E-state index in [4.69, 9.17) is 72.0 Å². The number of amides is 1. The number of benzene rings is 1. The third-order valence-electron chi connectivity index (χ3n) is 16.7. The molecular weight excluding hydrogens is 1240 g/mol. The molecule has 512 valence electrons. The van der Waals surface area contributed by atoms with E-state index in [1.807, 2.05) is 0 Å². The quantitative estimate of drug-likeness (QED) is 0.0667. The number of nitrogen functional groups attached to an aromatic ring is 1. The predicted molar refractivity (Wildman–Crippen MR) is 287 cm³/mol. The summed E-state index contributed by atoms with van der Waals surface area (Å²) in [5.41, 5.74) is 6.22. The van der Waals surface area contributed by atoms with Crippen molar-refractivity contribution in [1.82, 2.24) is 24.8 Å². The van der Waals surface area contributed by atoms with Crippen molar-refractivity contribution in [2.24, 2.45) is 0 Å². The minimum Gasteiger partial charge on any atom is -0.461 e. The van der Waals surface area contributed by atoms with Gasteiger partial charge in [0, 0.05) is 19.2 Å². The summed E-state index contributed by atoms with van der Waals surface area (Å²) in [6.07, 6.45) is -60.8. The van der Waals surface area contributed by atoms with Crippen molar-refractivity contribution in [2.45, 2.75) is 191 Å². The van der Waals surface area contributed by atoms with Gasteiger partial charge < -0.3 is 169 Å². The Morgan fingerprint density at radius 3 is 1.15 bits per heavy atom. The van der Waals surface area contributed by atoms with Crippen molar-refractivity contribution in [2.75, 3.05) is 65.6 Å². The Morgan fingerprint density at radius 2 is 0.824 bits per heavy atom. The van der Waals surface area contributed by atoms with Crippen molar-refractivity contribution in [3.05, 3.63) is 45.9 Å². The Kier molecular flexibility index (Phi) is 22.5. The third-order valence-corrected chi connectivity index (χ3v) is 16.7. The van der Waals surface area contributed by atoms with Gasteiger partial charge in [0.05, 0.1) is 46.2 Å². The van der Waals surface area contributed by atoms with Crippen molar-refractivity contribution in [3.63, 3.8) is 0 Å². The van der Waals surface area contributed by atoms with E-state index in [2.05, 4.69) is 20.3 Å². The highest BCUT2D eigenvalue weighted by Crippen LogP contribution is 2.38. The predicted octanol–water partition coefficient (Wildman–Crippen LogP) is -12.5. The van der Waals surface area contributed by atoms with Crippen molar-refractivity contribution >= 4 is 22.9 Å². The molecule has 91 heavy (non-hydrogen) atoms. The number of ether oxygens (including phenoxy) is 14. The number of nitrogens with one attached hydrogen (secondary N) is 2. The summed E-state index contributed by atoms with van der Waals surface area (Å²) in [6.45, 7) is -5.73. The smallest absolute Gasteiger partial charge is 0.328 e. The molecule has 0 aliphatic carbocycles. The van der Waals surface area contributed by atoms with Gasteiger partial charge in [0.2, 0.25) is 0 Å². The van der Waals surface area contributed by atoms with E-state index >= 15 is 0 Å². The number of nitrogens with zero attached hydrogens (tertiary/aromatic N) is 3. The van der Waals surface area contributed by atoms with Crippen LogP contribution < -0.4 is 21.5 Å². The number of carbonyl (C=O) groups is 1. The number of aromatic amines is 1. The molecule has 22 saturated heterocycles. The number of H-pyrrole nitrogens is 1. The van der Waals surface area contributed by atoms with E-state index in [1.54, 1.807) is 0 Å². The monoisotopic (exact) mass is 1310 g/mol. The Hall–Kier alpha value is -4.56. The molecule has 39 nitrogen and oxygen atoms in total. The van der Waals surface area contributed by atoms with Crippen LogP contribution in [0.2, 0.25) is 0 Å². The zero-order valence-electron chi connectivity index (χ0n) is 48.0. The average Bonchev–Trinajstić information content (AvgIpc) is 1.18. The molecule has 2 aromatic heterocycles. The average molecular weight is 1310 g/mol. The fourth-order valence-corrected chi connectivity index (χ4v) is 11.6. The zero-order chi connectivity index (χ0) is 65.4. The van der Waals surface area contributed by atoms with Gasteiger partial charge in [0.15, 0.2) is 49.2 Å². The molecule has 22 aliphatic heterocycles. The molecule has 22 aliphatic rings. The molecule has 1 amide bonds. The lowest BCUT2D eigenvalue weighted by Gasteiger charge is -2.50. The number of hydrogen-bond acceptors (Lipinski definition) is 36. The maximum Gasteiger partial charge on any atom is 0.328 e. The molecule has 24 heterocycles. The molecule has 0 spiro atoms. The molecule has 22 fully saturated rings. The SMILES string of the molecule is COCCOc1nc(N)c2[nH]c(=O)n(Cc3ccc(C(=O)NC[C@H]4O[C@@H]5O[C@H]6[C@H](O)[C@@H](O)[C@@H](O[C@H]7[C@H](O)[C@@H](O)[C@@H](O[C@H]8[C@H](O)[C@@H](O)[C@@H](O[C@H]9[C@H](O)[C@@H](O)[C@@H](O[C@H]%10[C@H](O)[C@@H](O)[C@@H](O[C@H]4[C@H](O)[C@H]5O)O[C@@H]%10CO)O[C@@H]9CO)O[C@@H]8CO)O[C@@H]7CO)O[C@@H]6CO)cc3)c2n1. The first-order chi connectivity index (χ1) is 43.5. The first-order valence-corrected chi connectivity index (χ1v) is 28.9. The summed E-state index contributed by atoms with van der Waals surface area (Å²) in [7, 11) is 1.47. The lowest BCUT2D eigenvalue weighted by atomic mass is 9.94. The zero-order valence-corrected chi connectivity index (χ0v) is 48.0. The largest absolute Gasteiger partial charge is 0.461 e. The van der Waals surface area contributed by atoms with Gasteiger partial charge in [0.25, 0.3) is 5.91 Å². The maximum absolute atomic E-state index is 13.9. The van der Waals surface area contributed by atoms with Crippen LogP contribution in [0.5, 0.6) is 6.01 Å². The van der Waals surface area contributed by atoms with Gasteiger partial charge in [-0.1, -0.05) is 12.1 Å². The highest BCUT2D eigenvalue weighted by atomic mass is 16.8. The van der Waals surface area contributed by atoms with Gasteiger partial charge >= 0.3 is 11.7 Å². The van der Waals surface area contributed by atoms with Crippen LogP contribution >= 0.6 is 0 Å². The summed E-state index contributed by atoms with van der Waals surface area (Å²) in [6, 6.07) is 5.65. The number of aromatic nitrogens is 4. The van der Waals surface area contributed by atoms with Crippen LogP contribution in [0, 0.1) is 0 Å². The Bertz CT molecular complexity index is 2910. The second-order valence-electron chi connectivity index (χ2n) is 22.5. The van der Waals surface area contributed by atoms with E-state index in [-0.39, 0.29) is 48.3 Å². The topological polar surface area (TPSA) is 592 Å². The molecule has 25 rings (SSSR count). The van der Waals surface area contributed by atoms with Gasteiger partial charge in [-0.25, -0.2) is 4.79 Å². The summed E-state index contributed by atoms with van der Waals surface area (Å²) in [4.78, 5) is 38.0. The van der Waals surface area contributed by atoms with E-state index in [1.165, 1.54) is 35.9 Å².